The Bertz CT molecular complexity index is 777. The number of nitrogens with zero attached hydrogens (tertiary/aromatic N) is 1. The summed E-state index contributed by atoms with van der Waals surface area (Å²) >= 11 is 3.07. The van der Waals surface area contributed by atoms with Crippen LogP contribution in [0, 0.1) is 10.1 Å². The molecule has 24 heavy (non-hydrogen) atoms. The molecule has 7 nitrogen and oxygen atoms in total. The van der Waals surface area contributed by atoms with Crippen LogP contribution < -0.4 is 9.47 Å². The molecule has 0 atom stereocenters. The third-order valence-corrected chi connectivity index (χ3v) is 3.90. The molecule has 126 valence electrons. The van der Waals surface area contributed by atoms with E-state index in [0.717, 1.165) is 6.07 Å². The minimum absolute atomic E-state index is 0.0525. The molecule has 0 aliphatic rings. The van der Waals surface area contributed by atoms with Gasteiger partial charge in [0.1, 0.15) is 18.1 Å². The number of hydrogen-bond donors (Lipinski definition) is 0. The average molecular weight is 396 g/mol. The molecule has 0 saturated carbocycles. The number of methoxy groups -OCH3 is 2. The molecule has 0 aliphatic carbocycles. The van der Waals surface area contributed by atoms with Gasteiger partial charge in [0.2, 0.25) is 0 Å². The second-order valence-corrected chi connectivity index (χ2v) is 5.53. The van der Waals surface area contributed by atoms with Crippen molar-refractivity contribution in [2.75, 3.05) is 14.2 Å². The maximum atomic E-state index is 12.1. The van der Waals surface area contributed by atoms with Crippen LogP contribution >= 0.6 is 15.9 Å². The smallest absolute Gasteiger partial charge is 0.338 e. The van der Waals surface area contributed by atoms with Crippen LogP contribution in [0.25, 0.3) is 0 Å². The molecule has 0 heterocycles. The van der Waals surface area contributed by atoms with E-state index in [4.69, 9.17) is 14.2 Å². The van der Waals surface area contributed by atoms with E-state index < -0.39 is 10.9 Å². The highest BCUT2D eigenvalue weighted by molar-refractivity contribution is 9.10. The maximum absolute atomic E-state index is 12.1. The number of rotatable bonds is 6. The summed E-state index contributed by atoms with van der Waals surface area (Å²) in [5, 5.41) is 10.9. The molecule has 0 fully saturated rings. The molecule has 2 aromatic rings. The zero-order valence-electron chi connectivity index (χ0n) is 12.9. The van der Waals surface area contributed by atoms with Gasteiger partial charge in [-0.15, -0.1) is 0 Å². The van der Waals surface area contributed by atoms with Crippen LogP contribution in [-0.4, -0.2) is 25.1 Å². The summed E-state index contributed by atoms with van der Waals surface area (Å²) in [7, 11) is 3.03. The molecule has 0 aliphatic heterocycles. The van der Waals surface area contributed by atoms with Crippen molar-refractivity contribution in [3.05, 3.63) is 62.1 Å². The highest BCUT2D eigenvalue weighted by atomic mass is 79.9. The number of carbonyl (C=O) groups excluding carboxylic acids is 1. The number of carbonyl (C=O) groups is 1. The van der Waals surface area contributed by atoms with E-state index >= 15 is 0 Å². The molecule has 0 bridgehead atoms. The van der Waals surface area contributed by atoms with Gasteiger partial charge in [0.15, 0.2) is 0 Å². The van der Waals surface area contributed by atoms with E-state index in [0.29, 0.717) is 21.5 Å². The number of nitro benzene ring substituents is 1. The van der Waals surface area contributed by atoms with Gasteiger partial charge in [-0.3, -0.25) is 10.1 Å². The third-order valence-electron chi connectivity index (χ3n) is 3.22. The fourth-order valence-electron chi connectivity index (χ4n) is 2.00. The summed E-state index contributed by atoms with van der Waals surface area (Å²) in [6.07, 6.45) is 0. The Labute approximate surface area is 146 Å². The molecule has 0 aromatic heterocycles. The quantitative estimate of drug-likeness (QED) is 0.420. The Balaban J connectivity index is 2.16. The van der Waals surface area contributed by atoms with Crippen molar-refractivity contribution in [1.82, 2.24) is 0 Å². The highest BCUT2D eigenvalue weighted by Crippen LogP contribution is 2.27. The summed E-state index contributed by atoms with van der Waals surface area (Å²) in [5.74, 6) is 0.474. The lowest BCUT2D eigenvalue weighted by Gasteiger charge is -2.11. The number of nitro groups is 1. The SMILES string of the molecule is COc1ccc(OC)c(COC(=O)c2ccc(Br)c([N+](=O)[O-])c2)c1. The second-order valence-electron chi connectivity index (χ2n) is 4.68. The van der Waals surface area contributed by atoms with Crippen molar-refractivity contribution in [2.45, 2.75) is 6.61 Å². The summed E-state index contributed by atoms with van der Waals surface area (Å²) in [5.41, 5.74) is 0.506. The molecular weight excluding hydrogens is 382 g/mol. The minimum Gasteiger partial charge on any atom is -0.497 e. The van der Waals surface area contributed by atoms with Crippen LogP contribution in [0.15, 0.2) is 40.9 Å². The van der Waals surface area contributed by atoms with Gasteiger partial charge in [-0.2, -0.15) is 0 Å². The fourth-order valence-corrected chi connectivity index (χ4v) is 2.39. The Morgan fingerprint density at radius 3 is 2.54 bits per heavy atom. The van der Waals surface area contributed by atoms with Crippen LogP contribution in [0.4, 0.5) is 5.69 Å². The third kappa shape index (κ3) is 4.02. The van der Waals surface area contributed by atoms with Crippen LogP contribution in [0.2, 0.25) is 0 Å². The van der Waals surface area contributed by atoms with E-state index in [1.54, 1.807) is 18.2 Å². The zero-order valence-corrected chi connectivity index (χ0v) is 14.5. The van der Waals surface area contributed by atoms with Crippen molar-refractivity contribution < 1.29 is 23.9 Å². The highest BCUT2D eigenvalue weighted by Gasteiger charge is 2.17. The molecule has 8 heteroatoms. The predicted octanol–water partition coefficient (Wildman–Crippen LogP) is 3.73. The van der Waals surface area contributed by atoms with Gasteiger partial charge in [0.25, 0.3) is 5.69 Å². The topological polar surface area (TPSA) is 87.9 Å². The van der Waals surface area contributed by atoms with E-state index in [-0.39, 0.29) is 17.9 Å². The fraction of sp³-hybridized carbons (Fsp3) is 0.188. The molecule has 2 rings (SSSR count). The van der Waals surface area contributed by atoms with Gasteiger partial charge < -0.3 is 14.2 Å². The largest absolute Gasteiger partial charge is 0.497 e. The molecule has 0 radical (unpaired) electrons. The second kappa shape index (κ2) is 7.78. The van der Waals surface area contributed by atoms with Crippen LogP contribution in [-0.2, 0) is 11.3 Å². The van der Waals surface area contributed by atoms with Gasteiger partial charge in [-0.05, 0) is 46.3 Å². The Kier molecular flexibility index (Phi) is 5.75. The summed E-state index contributed by atoms with van der Waals surface area (Å²) < 4.78 is 15.8. The van der Waals surface area contributed by atoms with E-state index in [1.807, 2.05) is 0 Å². The number of benzene rings is 2. The number of hydrogen-bond acceptors (Lipinski definition) is 6. The molecular formula is C16H14BrNO6. The lowest BCUT2D eigenvalue weighted by Crippen LogP contribution is -2.07. The zero-order chi connectivity index (χ0) is 17.7. The monoisotopic (exact) mass is 395 g/mol. The molecule has 0 spiro atoms. The van der Waals surface area contributed by atoms with Crippen LogP contribution in [0.3, 0.4) is 0 Å². The first-order valence-corrected chi connectivity index (χ1v) is 7.57. The number of esters is 1. The summed E-state index contributed by atoms with van der Waals surface area (Å²) in [4.78, 5) is 22.5. The van der Waals surface area contributed by atoms with E-state index in [1.165, 1.54) is 26.4 Å². The Morgan fingerprint density at radius 1 is 1.17 bits per heavy atom. The predicted molar refractivity (Wildman–Crippen MR) is 89.5 cm³/mol. The van der Waals surface area contributed by atoms with Gasteiger partial charge in [0, 0.05) is 11.6 Å². The van der Waals surface area contributed by atoms with Crippen molar-refractivity contribution in [3.8, 4) is 11.5 Å². The first-order valence-electron chi connectivity index (χ1n) is 6.78. The lowest BCUT2D eigenvalue weighted by atomic mass is 10.2. The summed E-state index contributed by atoms with van der Waals surface area (Å²) in [6.45, 7) is -0.0525. The number of ether oxygens (including phenoxy) is 3. The van der Waals surface area contributed by atoms with Crippen molar-refractivity contribution in [2.24, 2.45) is 0 Å². The molecule has 0 saturated heterocycles. The van der Waals surface area contributed by atoms with Crippen molar-refractivity contribution in [3.63, 3.8) is 0 Å². The normalized spacial score (nSPS) is 10.1. The van der Waals surface area contributed by atoms with Crippen LogP contribution in [0.5, 0.6) is 11.5 Å². The standard InChI is InChI=1S/C16H14BrNO6/c1-22-12-4-6-15(23-2)11(7-12)9-24-16(19)10-3-5-13(17)14(8-10)18(20)21/h3-8H,9H2,1-2H3. The summed E-state index contributed by atoms with van der Waals surface area (Å²) in [6, 6.07) is 9.16. The molecule has 0 amide bonds. The minimum atomic E-state index is -0.671. The van der Waals surface area contributed by atoms with Crippen LogP contribution in [0.1, 0.15) is 15.9 Å². The maximum Gasteiger partial charge on any atom is 0.338 e. The lowest BCUT2D eigenvalue weighted by molar-refractivity contribution is -0.385. The first-order chi connectivity index (χ1) is 11.5. The Hall–Kier alpha value is -2.61. The van der Waals surface area contributed by atoms with Gasteiger partial charge in [-0.25, -0.2) is 4.79 Å². The van der Waals surface area contributed by atoms with Gasteiger partial charge >= 0.3 is 5.97 Å². The Morgan fingerprint density at radius 2 is 1.92 bits per heavy atom. The molecule has 0 N–H and O–H groups in total. The van der Waals surface area contributed by atoms with Gasteiger partial charge in [0.05, 0.1) is 29.2 Å². The van der Waals surface area contributed by atoms with E-state index in [2.05, 4.69) is 15.9 Å². The first kappa shape index (κ1) is 17.7. The van der Waals surface area contributed by atoms with Crippen molar-refractivity contribution >= 4 is 27.6 Å². The molecule has 0 unspecified atom stereocenters. The molecule has 2 aromatic carbocycles. The average Bonchev–Trinajstić information content (AvgIpc) is 2.59. The van der Waals surface area contributed by atoms with E-state index in [9.17, 15) is 14.9 Å². The van der Waals surface area contributed by atoms with Crippen molar-refractivity contribution in [1.29, 1.82) is 0 Å². The number of halogens is 1. The van der Waals surface area contributed by atoms with Gasteiger partial charge in [-0.1, -0.05) is 0 Å².